The van der Waals surface area contributed by atoms with Crippen LogP contribution in [0, 0.1) is 20.8 Å². The molecule has 3 N–H and O–H groups in total. The molecule has 0 bridgehead atoms. The Kier molecular flexibility index (Phi) is 4.16. The Labute approximate surface area is 130 Å². The van der Waals surface area contributed by atoms with Crippen LogP contribution < -0.4 is 10.5 Å². The van der Waals surface area contributed by atoms with Crippen molar-refractivity contribution < 1.29 is 8.42 Å². The van der Waals surface area contributed by atoms with Crippen LogP contribution in [0.15, 0.2) is 35.2 Å². The van der Waals surface area contributed by atoms with Gasteiger partial charge < -0.3 is 5.73 Å². The number of nitrogen functional groups attached to an aromatic ring is 1. The Morgan fingerprint density at radius 1 is 1.10 bits per heavy atom. The van der Waals surface area contributed by atoms with Crippen LogP contribution >= 0.6 is 11.6 Å². The predicted molar refractivity (Wildman–Crippen MR) is 87.3 cm³/mol. The molecule has 0 radical (unpaired) electrons. The van der Waals surface area contributed by atoms with Gasteiger partial charge in [-0.2, -0.15) is 0 Å². The molecule has 0 aliphatic carbocycles. The molecular formula is C15H17ClN2O2S. The van der Waals surface area contributed by atoms with Gasteiger partial charge in [-0.25, -0.2) is 8.42 Å². The molecule has 0 amide bonds. The minimum Gasteiger partial charge on any atom is -0.398 e. The lowest BCUT2D eigenvalue weighted by Gasteiger charge is -2.14. The first-order valence-electron chi connectivity index (χ1n) is 6.36. The summed E-state index contributed by atoms with van der Waals surface area (Å²) in [4.78, 5) is 0.0911. The number of nitrogens with two attached hydrogens (primary N) is 1. The molecule has 0 aromatic heterocycles. The third-order valence-electron chi connectivity index (χ3n) is 3.29. The van der Waals surface area contributed by atoms with Crippen molar-refractivity contribution in [3.05, 3.63) is 52.0 Å². The summed E-state index contributed by atoms with van der Waals surface area (Å²) in [7, 11) is -3.74. The SMILES string of the molecule is Cc1ccc(C)c(NS(=O)(=O)c2cc(Cl)cc(N)c2C)c1. The summed E-state index contributed by atoms with van der Waals surface area (Å²) in [5.74, 6) is 0. The van der Waals surface area contributed by atoms with Gasteiger partial charge in [0.2, 0.25) is 0 Å². The lowest BCUT2D eigenvalue weighted by molar-refractivity contribution is 0.600. The molecule has 112 valence electrons. The van der Waals surface area contributed by atoms with Gasteiger partial charge in [0.1, 0.15) is 0 Å². The van der Waals surface area contributed by atoms with E-state index >= 15 is 0 Å². The fraction of sp³-hybridized carbons (Fsp3) is 0.200. The van der Waals surface area contributed by atoms with Crippen molar-refractivity contribution in [2.75, 3.05) is 10.5 Å². The van der Waals surface area contributed by atoms with E-state index in [1.54, 1.807) is 13.0 Å². The van der Waals surface area contributed by atoms with Gasteiger partial charge in [0.15, 0.2) is 0 Å². The van der Waals surface area contributed by atoms with E-state index in [-0.39, 0.29) is 4.90 Å². The van der Waals surface area contributed by atoms with Crippen molar-refractivity contribution in [2.45, 2.75) is 25.7 Å². The van der Waals surface area contributed by atoms with E-state index in [2.05, 4.69) is 4.72 Å². The first kappa shape index (κ1) is 15.7. The molecule has 6 heteroatoms. The van der Waals surface area contributed by atoms with Crippen LogP contribution in [0.5, 0.6) is 0 Å². The highest BCUT2D eigenvalue weighted by Crippen LogP contribution is 2.28. The molecular weight excluding hydrogens is 308 g/mol. The molecule has 0 fully saturated rings. The summed E-state index contributed by atoms with van der Waals surface area (Å²) < 4.78 is 27.7. The number of nitrogens with one attached hydrogen (secondary N) is 1. The zero-order chi connectivity index (χ0) is 15.8. The molecule has 0 unspecified atom stereocenters. The van der Waals surface area contributed by atoms with Gasteiger partial charge in [-0.05, 0) is 55.7 Å². The van der Waals surface area contributed by atoms with Crippen molar-refractivity contribution >= 4 is 33.0 Å². The second-order valence-electron chi connectivity index (χ2n) is 5.04. The summed E-state index contributed by atoms with van der Waals surface area (Å²) in [6.07, 6.45) is 0. The molecule has 0 heterocycles. The lowest BCUT2D eigenvalue weighted by Crippen LogP contribution is -2.16. The average molecular weight is 325 g/mol. The maximum Gasteiger partial charge on any atom is 0.262 e. The maximum atomic E-state index is 12.6. The molecule has 2 aromatic carbocycles. The van der Waals surface area contributed by atoms with Crippen molar-refractivity contribution in [3.8, 4) is 0 Å². The quantitative estimate of drug-likeness (QED) is 0.846. The monoisotopic (exact) mass is 324 g/mol. The average Bonchev–Trinajstić information content (AvgIpc) is 2.37. The van der Waals surface area contributed by atoms with Crippen molar-refractivity contribution in [1.82, 2.24) is 0 Å². The largest absolute Gasteiger partial charge is 0.398 e. The highest BCUT2D eigenvalue weighted by Gasteiger charge is 2.20. The number of rotatable bonds is 3. The van der Waals surface area contributed by atoms with E-state index in [9.17, 15) is 8.42 Å². The molecule has 0 aliphatic rings. The Balaban J connectivity index is 2.51. The fourth-order valence-corrected chi connectivity index (χ4v) is 3.71. The summed E-state index contributed by atoms with van der Waals surface area (Å²) in [6.45, 7) is 5.40. The summed E-state index contributed by atoms with van der Waals surface area (Å²) in [5, 5.41) is 0.291. The standard InChI is InChI=1S/C15H17ClN2O2S/c1-9-4-5-10(2)14(6-9)18-21(19,20)15-8-12(16)7-13(17)11(15)3/h4-8,18H,17H2,1-3H3. The van der Waals surface area contributed by atoms with E-state index in [1.165, 1.54) is 12.1 Å². The van der Waals surface area contributed by atoms with Crippen LogP contribution in [-0.2, 0) is 10.0 Å². The van der Waals surface area contributed by atoms with Gasteiger partial charge in [-0.3, -0.25) is 4.72 Å². The molecule has 0 saturated heterocycles. The lowest BCUT2D eigenvalue weighted by atomic mass is 10.1. The summed E-state index contributed by atoms with van der Waals surface area (Å²) in [5.41, 5.74) is 8.99. The number of sulfonamides is 1. The highest BCUT2D eigenvalue weighted by molar-refractivity contribution is 7.92. The van der Waals surface area contributed by atoms with E-state index in [0.29, 0.717) is 22.0 Å². The van der Waals surface area contributed by atoms with Crippen molar-refractivity contribution in [2.24, 2.45) is 0 Å². The molecule has 2 rings (SSSR count). The van der Waals surface area contributed by atoms with Crippen molar-refractivity contribution in [3.63, 3.8) is 0 Å². The van der Waals surface area contributed by atoms with E-state index in [0.717, 1.165) is 11.1 Å². The van der Waals surface area contributed by atoms with Crippen LogP contribution in [0.1, 0.15) is 16.7 Å². The molecule has 0 saturated carbocycles. The number of halogens is 1. The third kappa shape index (κ3) is 3.31. The fourth-order valence-electron chi connectivity index (χ4n) is 2.00. The normalized spacial score (nSPS) is 11.4. The number of hydrogen-bond acceptors (Lipinski definition) is 3. The molecule has 21 heavy (non-hydrogen) atoms. The second kappa shape index (κ2) is 5.58. The number of benzene rings is 2. The van der Waals surface area contributed by atoms with Gasteiger partial charge in [-0.15, -0.1) is 0 Å². The third-order valence-corrected chi connectivity index (χ3v) is 5.00. The zero-order valence-electron chi connectivity index (χ0n) is 12.1. The minimum absolute atomic E-state index is 0.0911. The van der Waals surface area contributed by atoms with Gasteiger partial charge in [0.25, 0.3) is 10.0 Å². The van der Waals surface area contributed by atoms with Gasteiger partial charge in [0.05, 0.1) is 10.6 Å². The van der Waals surface area contributed by atoms with E-state index in [1.807, 2.05) is 26.0 Å². The highest BCUT2D eigenvalue weighted by atomic mass is 35.5. The Morgan fingerprint density at radius 3 is 2.43 bits per heavy atom. The molecule has 0 atom stereocenters. The maximum absolute atomic E-state index is 12.6. The predicted octanol–water partition coefficient (Wildman–Crippen LogP) is 3.65. The minimum atomic E-state index is -3.74. The Morgan fingerprint density at radius 2 is 1.76 bits per heavy atom. The smallest absolute Gasteiger partial charge is 0.262 e. The van der Waals surface area contributed by atoms with Gasteiger partial charge in [-0.1, -0.05) is 23.7 Å². The van der Waals surface area contributed by atoms with Crippen LogP contribution in [0.4, 0.5) is 11.4 Å². The number of aryl methyl sites for hydroxylation is 2. The first-order chi connectivity index (χ1) is 9.70. The molecule has 0 spiro atoms. The van der Waals surface area contributed by atoms with Gasteiger partial charge >= 0.3 is 0 Å². The van der Waals surface area contributed by atoms with Gasteiger partial charge in [0, 0.05) is 10.7 Å². The Hall–Kier alpha value is -1.72. The van der Waals surface area contributed by atoms with E-state index in [4.69, 9.17) is 17.3 Å². The second-order valence-corrected chi connectivity index (χ2v) is 7.13. The molecule has 4 nitrogen and oxygen atoms in total. The zero-order valence-corrected chi connectivity index (χ0v) is 13.6. The van der Waals surface area contributed by atoms with Crippen LogP contribution in [0.25, 0.3) is 0 Å². The number of anilines is 2. The van der Waals surface area contributed by atoms with E-state index < -0.39 is 10.0 Å². The van der Waals surface area contributed by atoms with Crippen LogP contribution in [0.2, 0.25) is 5.02 Å². The number of hydrogen-bond donors (Lipinski definition) is 2. The van der Waals surface area contributed by atoms with Crippen LogP contribution in [-0.4, -0.2) is 8.42 Å². The summed E-state index contributed by atoms with van der Waals surface area (Å²) in [6, 6.07) is 8.52. The molecule has 2 aromatic rings. The topological polar surface area (TPSA) is 72.2 Å². The van der Waals surface area contributed by atoms with Crippen LogP contribution in [0.3, 0.4) is 0 Å². The first-order valence-corrected chi connectivity index (χ1v) is 8.22. The summed E-state index contributed by atoms with van der Waals surface area (Å²) >= 11 is 5.92. The Bertz CT molecular complexity index is 802. The van der Waals surface area contributed by atoms with Crippen molar-refractivity contribution in [1.29, 1.82) is 0 Å². The molecule has 0 aliphatic heterocycles.